The van der Waals surface area contributed by atoms with Crippen LogP contribution >= 0.6 is 0 Å². The lowest BCUT2D eigenvalue weighted by molar-refractivity contribution is 0.104. The second-order valence-electron chi connectivity index (χ2n) is 7.82. The molecule has 22 heavy (non-hydrogen) atoms. The first-order valence-corrected chi connectivity index (χ1v) is 9.12. The van der Waals surface area contributed by atoms with Crippen LogP contribution in [0, 0.1) is 17.8 Å². The number of aromatic nitrogens is 1. The topological polar surface area (TPSA) is 19.4 Å². The van der Waals surface area contributed by atoms with Gasteiger partial charge in [-0.05, 0) is 62.6 Å². The molecule has 1 aromatic heterocycles. The van der Waals surface area contributed by atoms with E-state index in [9.17, 15) is 0 Å². The Morgan fingerprint density at radius 1 is 1.18 bits per heavy atom. The number of likely N-dealkylation sites (tertiary alicyclic amines) is 1. The lowest BCUT2D eigenvalue weighted by atomic mass is 9.77. The summed E-state index contributed by atoms with van der Waals surface area (Å²) in [6.07, 6.45) is 9.13. The van der Waals surface area contributed by atoms with Gasteiger partial charge in [-0.3, -0.25) is 9.88 Å². The molecule has 4 rings (SSSR count). The minimum Gasteiger partial charge on any atom is -0.302 e. The third kappa shape index (κ3) is 3.21. The summed E-state index contributed by atoms with van der Waals surface area (Å²) in [5, 5.41) is 0. The molecule has 0 aromatic carbocycles. The fourth-order valence-corrected chi connectivity index (χ4v) is 4.76. The van der Waals surface area contributed by atoms with Gasteiger partial charge in [0, 0.05) is 38.4 Å². The molecule has 1 aliphatic heterocycles. The molecule has 120 valence electrons. The van der Waals surface area contributed by atoms with E-state index in [1.165, 1.54) is 57.4 Å². The van der Waals surface area contributed by atoms with E-state index in [1.54, 1.807) is 0 Å². The fraction of sp³-hybridized carbons (Fsp3) is 0.737. The molecule has 1 unspecified atom stereocenters. The third-order valence-electron chi connectivity index (χ3n) is 6.05. The van der Waals surface area contributed by atoms with E-state index in [0.717, 1.165) is 30.3 Å². The highest BCUT2D eigenvalue weighted by atomic mass is 15.2. The molecule has 1 saturated heterocycles. The average Bonchev–Trinajstić information content (AvgIpc) is 3.24. The van der Waals surface area contributed by atoms with Crippen LogP contribution in [0.3, 0.4) is 0 Å². The van der Waals surface area contributed by atoms with Crippen LogP contribution in [-0.4, -0.2) is 47.5 Å². The number of hydrogen-bond donors (Lipinski definition) is 0. The predicted molar refractivity (Wildman–Crippen MR) is 89.5 cm³/mol. The fourth-order valence-electron chi connectivity index (χ4n) is 4.76. The van der Waals surface area contributed by atoms with Gasteiger partial charge in [-0.1, -0.05) is 12.5 Å². The number of nitrogens with zero attached hydrogens (tertiary/aromatic N) is 3. The zero-order chi connectivity index (χ0) is 14.9. The van der Waals surface area contributed by atoms with E-state index in [2.05, 4.69) is 34.0 Å². The van der Waals surface area contributed by atoms with Gasteiger partial charge in [-0.2, -0.15) is 0 Å². The first kappa shape index (κ1) is 14.6. The molecule has 3 heteroatoms. The summed E-state index contributed by atoms with van der Waals surface area (Å²) in [5.41, 5.74) is 1.21. The van der Waals surface area contributed by atoms with Crippen molar-refractivity contribution < 1.29 is 0 Å². The van der Waals surface area contributed by atoms with Gasteiger partial charge in [0.05, 0.1) is 5.69 Å². The molecule has 0 bridgehead atoms. The first-order valence-electron chi connectivity index (χ1n) is 9.12. The van der Waals surface area contributed by atoms with Gasteiger partial charge < -0.3 is 4.90 Å². The largest absolute Gasteiger partial charge is 0.302 e. The molecule has 0 amide bonds. The lowest BCUT2D eigenvalue weighted by Crippen LogP contribution is -2.43. The smallest absolute Gasteiger partial charge is 0.0543 e. The maximum absolute atomic E-state index is 4.51. The summed E-state index contributed by atoms with van der Waals surface area (Å²) in [7, 11) is 2.31. The van der Waals surface area contributed by atoms with Gasteiger partial charge in [0.2, 0.25) is 0 Å². The van der Waals surface area contributed by atoms with Crippen LogP contribution in [0.1, 0.15) is 37.8 Å². The molecule has 2 heterocycles. The van der Waals surface area contributed by atoms with Gasteiger partial charge in [-0.15, -0.1) is 0 Å². The SMILES string of the molecule is CN(Cc1ccccn1)C1CCC[C@@H]2CN(CC3CC3)C[C@H]12. The van der Waals surface area contributed by atoms with Crippen molar-refractivity contribution in [2.75, 3.05) is 26.7 Å². The average molecular weight is 299 g/mol. The van der Waals surface area contributed by atoms with Gasteiger partial charge in [0.25, 0.3) is 0 Å². The Morgan fingerprint density at radius 3 is 2.86 bits per heavy atom. The Bertz CT molecular complexity index is 485. The zero-order valence-corrected chi connectivity index (χ0v) is 13.8. The van der Waals surface area contributed by atoms with Gasteiger partial charge in [-0.25, -0.2) is 0 Å². The molecule has 0 N–H and O–H groups in total. The summed E-state index contributed by atoms with van der Waals surface area (Å²) in [6, 6.07) is 7.02. The van der Waals surface area contributed by atoms with Crippen LogP contribution in [0.4, 0.5) is 0 Å². The van der Waals surface area contributed by atoms with Crippen molar-refractivity contribution in [3.8, 4) is 0 Å². The third-order valence-corrected chi connectivity index (χ3v) is 6.05. The van der Waals surface area contributed by atoms with E-state index < -0.39 is 0 Å². The molecule has 3 fully saturated rings. The maximum atomic E-state index is 4.51. The molecule has 2 saturated carbocycles. The molecule has 0 radical (unpaired) electrons. The monoisotopic (exact) mass is 299 g/mol. The van der Waals surface area contributed by atoms with E-state index in [0.29, 0.717) is 0 Å². The van der Waals surface area contributed by atoms with Gasteiger partial charge >= 0.3 is 0 Å². The van der Waals surface area contributed by atoms with Crippen molar-refractivity contribution in [3.63, 3.8) is 0 Å². The molecule has 3 aliphatic rings. The Hall–Kier alpha value is -0.930. The Balaban J connectivity index is 1.39. The minimum absolute atomic E-state index is 0.755. The summed E-state index contributed by atoms with van der Waals surface area (Å²) in [6.45, 7) is 5.09. The molecule has 0 spiro atoms. The van der Waals surface area contributed by atoms with Gasteiger partial charge in [0.1, 0.15) is 0 Å². The van der Waals surface area contributed by atoms with Gasteiger partial charge in [0.15, 0.2) is 0 Å². The maximum Gasteiger partial charge on any atom is 0.0543 e. The highest BCUT2D eigenvalue weighted by Crippen LogP contribution is 2.40. The standard InChI is InChI=1S/C19H29N3/c1-21(13-17-6-2-3-10-20-17)19-7-4-5-16-12-22(14-18(16)19)11-15-8-9-15/h2-3,6,10,15-16,18-19H,4-5,7-9,11-14H2,1H3/t16-,18+,19?/m1/s1. The molecule has 3 nitrogen and oxygen atoms in total. The molecule has 2 aliphatic carbocycles. The van der Waals surface area contributed by atoms with Crippen molar-refractivity contribution >= 4 is 0 Å². The first-order chi connectivity index (χ1) is 10.8. The van der Waals surface area contributed by atoms with E-state index >= 15 is 0 Å². The second-order valence-corrected chi connectivity index (χ2v) is 7.82. The Labute approximate surface area is 134 Å². The van der Waals surface area contributed by atoms with Crippen LogP contribution in [-0.2, 0) is 6.54 Å². The van der Waals surface area contributed by atoms with Crippen molar-refractivity contribution in [1.29, 1.82) is 0 Å². The van der Waals surface area contributed by atoms with Crippen molar-refractivity contribution in [1.82, 2.24) is 14.8 Å². The number of hydrogen-bond acceptors (Lipinski definition) is 3. The van der Waals surface area contributed by atoms with E-state index in [-0.39, 0.29) is 0 Å². The van der Waals surface area contributed by atoms with Crippen LogP contribution < -0.4 is 0 Å². The van der Waals surface area contributed by atoms with E-state index in [4.69, 9.17) is 0 Å². The predicted octanol–water partition coefficient (Wildman–Crippen LogP) is 3.02. The van der Waals surface area contributed by atoms with Crippen molar-refractivity contribution in [3.05, 3.63) is 30.1 Å². The van der Waals surface area contributed by atoms with Crippen molar-refractivity contribution in [2.45, 2.75) is 44.7 Å². The molecular weight excluding hydrogens is 270 g/mol. The highest BCUT2D eigenvalue weighted by Gasteiger charge is 2.42. The minimum atomic E-state index is 0.755. The van der Waals surface area contributed by atoms with Crippen LogP contribution in [0.15, 0.2) is 24.4 Å². The second kappa shape index (κ2) is 6.29. The molecule has 3 atom stereocenters. The van der Waals surface area contributed by atoms with Crippen LogP contribution in [0.25, 0.3) is 0 Å². The summed E-state index contributed by atoms with van der Waals surface area (Å²) >= 11 is 0. The zero-order valence-electron chi connectivity index (χ0n) is 13.8. The van der Waals surface area contributed by atoms with Crippen LogP contribution in [0.2, 0.25) is 0 Å². The highest BCUT2D eigenvalue weighted by molar-refractivity contribution is 5.04. The summed E-state index contributed by atoms with van der Waals surface area (Å²) in [4.78, 5) is 9.87. The molecule has 1 aromatic rings. The van der Waals surface area contributed by atoms with Crippen LogP contribution in [0.5, 0.6) is 0 Å². The number of rotatable bonds is 5. The molecular formula is C19H29N3. The Morgan fingerprint density at radius 2 is 2.09 bits per heavy atom. The number of fused-ring (bicyclic) bond motifs is 1. The Kier molecular flexibility index (Phi) is 4.19. The number of pyridine rings is 1. The normalized spacial score (nSPS) is 32.4. The van der Waals surface area contributed by atoms with E-state index in [1.807, 2.05) is 12.3 Å². The summed E-state index contributed by atoms with van der Waals surface area (Å²) in [5.74, 6) is 2.87. The van der Waals surface area contributed by atoms with Crippen molar-refractivity contribution in [2.24, 2.45) is 17.8 Å². The summed E-state index contributed by atoms with van der Waals surface area (Å²) < 4.78 is 0. The quantitative estimate of drug-likeness (QED) is 0.833. The lowest BCUT2D eigenvalue weighted by Gasteiger charge is -2.39.